The minimum Gasteiger partial charge on any atom is -0.449 e. The van der Waals surface area contributed by atoms with Crippen LogP contribution in [0.2, 0.25) is 0 Å². The summed E-state index contributed by atoms with van der Waals surface area (Å²) in [6.07, 6.45) is 1.70. The maximum atomic E-state index is 12.9. The number of hydrogen-bond donors (Lipinski definition) is 0. The van der Waals surface area contributed by atoms with Gasteiger partial charge in [-0.25, -0.2) is 9.78 Å². The molecule has 0 saturated carbocycles. The molecular formula is C22H21F2N3O4. The fourth-order valence-electron chi connectivity index (χ4n) is 3.18. The van der Waals surface area contributed by atoms with Crippen molar-refractivity contribution in [1.29, 1.82) is 0 Å². The van der Waals surface area contributed by atoms with Crippen molar-refractivity contribution in [3.05, 3.63) is 71.1 Å². The molecule has 0 aliphatic carbocycles. The molecule has 0 N–H and O–H groups in total. The van der Waals surface area contributed by atoms with Crippen LogP contribution in [0.1, 0.15) is 44.9 Å². The molecule has 2 heterocycles. The number of alkyl halides is 2. The first-order valence-corrected chi connectivity index (χ1v) is 9.45. The Morgan fingerprint density at radius 1 is 1.03 bits per heavy atom. The van der Waals surface area contributed by atoms with Gasteiger partial charge in [0.1, 0.15) is 5.75 Å². The lowest BCUT2D eigenvalue weighted by molar-refractivity contribution is -0.0498. The number of ketones is 1. The molecule has 3 aromatic rings. The van der Waals surface area contributed by atoms with Crippen LogP contribution < -0.4 is 4.74 Å². The van der Waals surface area contributed by atoms with E-state index >= 15 is 0 Å². The fourth-order valence-corrected chi connectivity index (χ4v) is 3.18. The van der Waals surface area contributed by atoms with E-state index in [1.807, 2.05) is 6.92 Å². The molecule has 3 rings (SSSR count). The number of esters is 1. The number of carbonyl (C=O) groups excluding carboxylic acids is 2. The Morgan fingerprint density at radius 3 is 2.29 bits per heavy atom. The summed E-state index contributed by atoms with van der Waals surface area (Å²) in [6.45, 7) is 3.89. The van der Waals surface area contributed by atoms with Crippen molar-refractivity contribution in [3.63, 3.8) is 0 Å². The zero-order valence-electron chi connectivity index (χ0n) is 17.4. The summed E-state index contributed by atoms with van der Waals surface area (Å²) in [5, 5.41) is 0. The van der Waals surface area contributed by atoms with Crippen LogP contribution in [0.25, 0.3) is 5.69 Å². The third-order valence-electron chi connectivity index (χ3n) is 4.66. The van der Waals surface area contributed by atoms with Crippen LogP contribution in [-0.4, -0.2) is 39.0 Å². The lowest BCUT2D eigenvalue weighted by Crippen LogP contribution is -2.25. The van der Waals surface area contributed by atoms with E-state index in [0.29, 0.717) is 22.6 Å². The molecule has 0 aliphatic heterocycles. The Kier molecular flexibility index (Phi) is 6.43. The number of rotatable bonds is 7. The molecule has 0 bridgehead atoms. The third kappa shape index (κ3) is 4.93. The van der Waals surface area contributed by atoms with Gasteiger partial charge < -0.3 is 14.0 Å². The van der Waals surface area contributed by atoms with Crippen molar-refractivity contribution in [1.82, 2.24) is 14.5 Å². The molecule has 9 heteroatoms. The molecule has 1 aromatic carbocycles. The molecule has 0 aliphatic rings. The first kappa shape index (κ1) is 22.1. The maximum absolute atomic E-state index is 12.9. The molecule has 0 amide bonds. The van der Waals surface area contributed by atoms with Gasteiger partial charge in [-0.2, -0.15) is 8.78 Å². The lowest BCUT2D eigenvalue weighted by atomic mass is 10.1. The molecule has 31 heavy (non-hydrogen) atoms. The quantitative estimate of drug-likeness (QED) is 0.413. The molecule has 0 fully saturated rings. The second-order valence-corrected chi connectivity index (χ2v) is 6.95. The second-order valence-electron chi connectivity index (χ2n) is 6.95. The van der Waals surface area contributed by atoms with Crippen molar-refractivity contribution in [3.8, 4) is 11.4 Å². The molecule has 162 valence electrons. The summed E-state index contributed by atoms with van der Waals surface area (Å²) in [6, 6.07) is 7.78. The topological polar surface area (TPSA) is 83.3 Å². The largest absolute Gasteiger partial charge is 0.449 e. The van der Waals surface area contributed by atoms with Crippen molar-refractivity contribution in [2.75, 3.05) is 0 Å². The van der Waals surface area contributed by atoms with Gasteiger partial charge in [0.25, 0.3) is 0 Å². The van der Waals surface area contributed by atoms with E-state index < -0.39 is 18.7 Å². The van der Waals surface area contributed by atoms with E-state index in [2.05, 4.69) is 14.7 Å². The van der Waals surface area contributed by atoms with E-state index in [9.17, 15) is 18.4 Å². The van der Waals surface area contributed by atoms with Crippen molar-refractivity contribution in [2.24, 2.45) is 0 Å². The van der Waals surface area contributed by atoms with Gasteiger partial charge in [-0.05, 0) is 58.0 Å². The summed E-state index contributed by atoms with van der Waals surface area (Å²) in [4.78, 5) is 33.1. The average Bonchev–Trinajstić information content (AvgIpc) is 3.02. The zero-order chi connectivity index (χ0) is 22.7. The van der Waals surface area contributed by atoms with Crippen LogP contribution in [0.4, 0.5) is 8.78 Å². The van der Waals surface area contributed by atoms with E-state index in [1.165, 1.54) is 31.5 Å². The van der Waals surface area contributed by atoms with Crippen molar-refractivity contribution < 1.29 is 27.8 Å². The highest BCUT2D eigenvalue weighted by atomic mass is 19.3. The van der Waals surface area contributed by atoms with Gasteiger partial charge in [0.05, 0.1) is 11.9 Å². The predicted molar refractivity (Wildman–Crippen MR) is 108 cm³/mol. The summed E-state index contributed by atoms with van der Waals surface area (Å²) in [5.74, 6) is -1.07. The lowest BCUT2D eigenvalue weighted by Gasteiger charge is -2.13. The van der Waals surface area contributed by atoms with Crippen molar-refractivity contribution >= 4 is 11.8 Å². The Bertz CT molecular complexity index is 1090. The molecule has 1 atom stereocenters. The monoisotopic (exact) mass is 429 g/mol. The third-order valence-corrected chi connectivity index (χ3v) is 4.66. The summed E-state index contributed by atoms with van der Waals surface area (Å²) in [7, 11) is 0. The first-order valence-electron chi connectivity index (χ1n) is 9.45. The number of aromatic nitrogens is 3. The Morgan fingerprint density at radius 2 is 1.71 bits per heavy atom. The Balaban J connectivity index is 1.79. The zero-order valence-corrected chi connectivity index (χ0v) is 17.4. The summed E-state index contributed by atoms with van der Waals surface area (Å²) < 4.78 is 36.1. The number of nitrogens with zero attached hydrogens (tertiary/aromatic N) is 3. The number of hydrogen-bond acceptors (Lipinski definition) is 6. The molecular weight excluding hydrogens is 408 g/mol. The van der Waals surface area contributed by atoms with Crippen LogP contribution in [0, 0.1) is 20.8 Å². The number of ether oxygens (including phenoxy) is 2. The molecule has 0 radical (unpaired) electrons. The highest BCUT2D eigenvalue weighted by Gasteiger charge is 2.25. The van der Waals surface area contributed by atoms with Crippen LogP contribution in [-0.2, 0) is 4.74 Å². The summed E-state index contributed by atoms with van der Waals surface area (Å²) >= 11 is 0. The van der Waals surface area contributed by atoms with Gasteiger partial charge in [0.2, 0.25) is 5.78 Å². The number of Topliss-reactive ketones (excluding diaryl/α,β-unsaturated/α-hetero) is 1. The van der Waals surface area contributed by atoms with Crippen LogP contribution in [0.3, 0.4) is 0 Å². The smallest absolute Gasteiger partial charge is 0.387 e. The molecule has 0 saturated heterocycles. The van der Waals surface area contributed by atoms with Crippen molar-refractivity contribution in [2.45, 2.75) is 40.4 Å². The number of benzene rings is 1. The fraction of sp³-hybridized carbons (Fsp3) is 0.273. The minimum absolute atomic E-state index is 0.0156. The molecule has 1 unspecified atom stereocenters. The molecule has 0 spiro atoms. The number of carbonyl (C=O) groups is 2. The van der Waals surface area contributed by atoms with E-state index in [1.54, 1.807) is 36.6 Å². The molecule has 7 nitrogen and oxygen atoms in total. The van der Waals surface area contributed by atoms with Gasteiger partial charge in [-0.1, -0.05) is 0 Å². The predicted octanol–water partition coefficient (Wildman–Crippen LogP) is 4.22. The Labute approximate surface area is 177 Å². The van der Waals surface area contributed by atoms with E-state index in [0.717, 1.165) is 5.69 Å². The average molecular weight is 429 g/mol. The molecule has 2 aromatic heterocycles. The van der Waals surface area contributed by atoms with Crippen LogP contribution in [0.5, 0.6) is 5.75 Å². The van der Waals surface area contributed by atoms with E-state index in [-0.39, 0.29) is 17.2 Å². The number of aryl methyl sites for hydroxylation is 2. The SMILES string of the molecule is Cc1cnc(C(=O)OC(C)C(=O)c2cc(C)n(-c3ccc(OC(F)F)cc3)c2C)cn1. The van der Waals surface area contributed by atoms with Gasteiger partial charge >= 0.3 is 12.6 Å². The Hall–Kier alpha value is -3.62. The van der Waals surface area contributed by atoms with Crippen LogP contribution in [0.15, 0.2) is 42.7 Å². The highest BCUT2D eigenvalue weighted by Crippen LogP contribution is 2.25. The highest BCUT2D eigenvalue weighted by molar-refractivity contribution is 6.02. The number of halogens is 2. The minimum atomic E-state index is -2.90. The normalized spacial score (nSPS) is 12.0. The van der Waals surface area contributed by atoms with Crippen LogP contribution >= 0.6 is 0 Å². The second kappa shape index (κ2) is 9.03. The standard InChI is InChI=1S/C22H21F2N3O4/c1-12-10-26-19(11-25-12)21(29)30-15(4)20(28)18-9-13(2)27(14(18)3)16-5-7-17(8-6-16)31-22(23)24/h5-11,15,22H,1-4H3. The van der Waals surface area contributed by atoms with Gasteiger partial charge in [-0.15, -0.1) is 0 Å². The van der Waals surface area contributed by atoms with E-state index in [4.69, 9.17) is 4.74 Å². The maximum Gasteiger partial charge on any atom is 0.387 e. The summed E-state index contributed by atoms with van der Waals surface area (Å²) in [5.41, 5.74) is 3.12. The first-order chi connectivity index (χ1) is 14.7. The van der Waals surface area contributed by atoms with Gasteiger partial charge in [0.15, 0.2) is 11.8 Å². The van der Waals surface area contributed by atoms with Gasteiger partial charge in [-0.3, -0.25) is 9.78 Å². The van der Waals surface area contributed by atoms with Gasteiger partial charge in [0, 0.05) is 28.8 Å².